The Balaban J connectivity index is 3.07. The van der Waals surface area contributed by atoms with Crippen molar-refractivity contribution < 1.29 is 9.50 Å². The first-order valence-electron chi connectivity index (χ1n) is 4.69. The molecule has 0 bridgehead atoms. The van der Waals surface area contributed by atoms with Gasteiger partial charge in [0.2, 0.25) is 0 Å². The predicted molar refractivity (Wildman–Crippen MR) is 54.5 cm³/mol. The summed E-state index contributed by atoms with van der Waals surface area (Å²) in [5.74, 6) is -0.228. The van der Waals surface area contributed by atoms with Crippen LogP contribution in [-0.2, 0) is 0 Å². The van der Waals surface area contributed by atoms with Crippen molar-refractivity contribution in [2.24, 2.45) is 5.73 Å². The quantitative estimate of drug-likeness (QED) is 0.776. The fourth-order valence-corrected chi connectivity index (χ4v) is 1.52. The maximum Gasteiger partial charge on any atom is 0.126 e. The van der Waals surface area contributed by atoms with Crippen molar-refractivity contribution in [1.29, 1.82) is 0 Å². The van der Waals surface area contributed by atoms with Crippen LogP contribution in [0.3, 0.4) is 0 Å². The van der Waals surface area contributed by atoms with Gasteiger partial charge in [0.1, 0.15) is 5.82 Å². The summed E-state index contributed by atoms with van der Waals surface area (Å²) in [5, 5.41) is 8.75. The van der Waals surface area contributed by atoms with Crippen molar-refractivity contribution in [3.63, 3.8) is 0 Å². The molecule has 0 spiro atoms. The maximum atomic E-state index is 13.3. The molecule has 0 fully saturated rings. The van der Waals surface area contributed by atoms with Crippen LogP contribution in [0.2, 0.25) is 0 Å². The monoisotopic (exact) mass is 197 g/mol. The Morgan fingerprint density at radius 3 is 2.64 bits per heavy atom. The zero-order valence-electron chi connectivity index (χ0n) is 8.55. The summed E-state index contributed by atoms with van der Waals surface area (Å²) in [7, 11) is 0. The van der Waals surface area contributed by atoms with E-state index in [0.717, 1.165) is 11.1 Å². The van der Waals surface area contributed by atoms with Crippen molar-refractivity contribution in [3.05, 3.63) is 34.6 Å². The Labute approximate surface area is 83.6 Å². The number of aryl methyl sites for hydroxylation is 1. The molecule has 1 rings (SSSR count). The predicted octanol–water partition coefficient (Wildman–Crippen LogP) is 1.82. The van der Waals surface area contributed by atoms with Gasteiger partial charge in [-0.25, -0.2) is 4.39 Å². The van der Waals surface area contributed by atoms with Gasteiger partial charge in [-0.3, -0.25) is 0 Å². The molecule has 0 saturated heterocycles. The van der Waals surface area contributed by atoms with E-state index in [1.807, 2.05) is 13.0 Å². The SMILES string of the molecule is Cc1cc(F)c(C)c(C(N)CCO)c1. The first-order valence-corrected chi connectivity index (χ1v) is 4.69. The average molecular weight is 197 g/mol. The number of hydrogen-bond acceptors (Lipinski definition) is 2. The first kappa shape index (κ1) is 11.1. The van der Waals surface area contributed by atoms with Crippen molar-refractivity contribution in [1.82, 2.24) is 0 Å². The number of halogens is 1. The molecule has 78 valence electrons. The maximum absolute atomic E-state index is 13.3. The summed E-state index contributed by atoms with van der Waals surface area (Å²) in [5.41, 5.74) is 8.04. The van der Waals surface area contributed by atoms with Crippen molar-refractivity contribution >= 4 is 0 Å². The average Bonchev–Trinajstić information content (AvgIpc) is 2.11. The van der Waals surface area contributed by atoms with Crippen molar-refractivity contribution in [2.75, 3.05) is 6.61 Å². The van der Waals surface area contributed by atoms with Gasteiger partial charge < -0.3 is 10.8 Å². The van der Waals surface area contributed by atoms with Gasteiger partial charge in [-0.2, -0.15) is 0 Å². The zero-order chi connectivity index (χ0) is 10.7. The van der Waals surface area contributed by atoms with Crippen molar-refractivity contribution in [3.8, 4) is 0 Å². The lowest BCUT2D eigenvalue weighted by Gasteiger charge is -2.14. The molecule has 3 heteroatoms. The third-order valence-electron chi connectivity index (χ3n) is 2.37. The molecule has 0 aliphatic rings. The summed E-state index contributed by atoms with van der Waals surface area (Å²) in [6, 6.07) is 3.08. The van der Waals surface area contributed by atoms with E-state index in [4.69, 9.17) is 10.8 Å². The molecule has 1 atom stereocenters. The molecule has 0 aliphatic carbocycles. The molecule has 0 saturated carbocycles. The van der Waals surface area contributed by atoms with E-state index in [0.29, 0.717) is 12.0 Å². The Bertz CT molecular complexity index is 325. The second-order valence-electron chi connectivity index (χ2n) is 3.58. The van der Waals surface area contributed by atoms with Gasteiger partial charge in [0, 0.05) is 12.6 Å². The Kier molecular flexibility index (Phi) is 3.61. The Morgan fingerprint density at radius 1 is 1.43 bits per heavy atom. The molecule has 0 amide bonds. The molecule has 1 aromatic carbocycles. The van der Waals surface area contributed by atoms with Crippen LogP contribution in [0.25, 0.3) is 0 Å². The smallest absolute Gasteiger partial charge is 0.126 e. The second-order valence-corrected chi connectivity index (χ2v) is 3.58. The highest BCUT2D eigenvalue weighted by molar-refractivity contribution is 5.34. The van der Waals surface area contributed by atoms with Gasteiger partial charge in [0.25, 0.3) is 0 Å². The van der Waals surface area contributed by atoms with E-state index < -0.39 is 0 Å². The van der Waals surface area contributed by atoms with Crippen LogP contribution in [0, 0.1) is 19.7 Å². The highest BCUT2D eigenvalue weighted by atomic mass is 19.1. The lowest BCUT2D eigenvalue weighted by atomic mass is 9.97. The zero-order valence-corrected chi connectivity index (χ0v) is 8.55. The van der Waals surface area contributed by atoms with E-state index in [-0.39, 0.29) is 18.5 Å². The first-order chi connectivity index (χ1) is 6.56. The Hall–Kier alpha value is -0.930. The molecular weight excluding hydrogens is 181 g/mol. The van der Waals surface area contributed by atoms with Crippen LogP contribution < -0.4 is 5.73 Å². The highest BCUT2D eigenvalue weighted by Crippen LogP contribution is 2.22. The minimum atomic E-state index is -0.283. The van der Waals surface area contributed by atoms with Gasteiger partial charge in [0.15, 0.2) is 0 Å². The van der Waals surface area contributed by atoms with Gasteiger partial charge in [-0.05, 0) is 43.0 Å². The van der Waals surface area contributed by atoms with E-state index in [2.05, 4.69) is 0 Å². The van der Waals surface area contributed by atoms with E-state index >= 15 is 0 Å². The fraction of sp³-hybridized carbons (Fsp3) is 0.455. The summed E-state index contributed by atoms with van der Waals surface area (Å²) in [6.07, 6.45) is 0.462. The minimum absolute atomic E-state index is 0.0240. The van der Waals surface area contributed by atoms with Crippen LogP contribution in [0.5, 0.6) is 0 Å². The molecule has 14 heavy (non-hydrogen) atoms. The van der Waals surface area contributed by atoms with E-state index in [1.54, 1.807) is 6.92 Å². The summed E-state index contributed by atoms with van der Waals surface area (Å²) in [4.78, 5) is 0. The third-order valence-corrected chi connectivity index (χ3v) is 2.37. The topological polar surface area (TPSA) is 46.2 Å². The number of aliphatic hydroxyl groups is 1. The van der Waals surface area contributed by atoms with Gasteiger partial charge in [-0.15, -0.1) is 0 Å². The number of nitrogens with two attached hydrogens (primary N) is 1. The van der Waals surface area contributed by atoms with Gasteiger partial charge in [-0.1, -0.05) is 6.07 Å². The minimum Gasteiger partial charge on any atom is -0.396 e. The molecule has 1 unspecified atom stereocenters. The molecule has 3 N–H and O–H groups in total. The molecule has 2 nitrogen and oxygen atoms in total. The molecule has 0 heterocycles. The number of aliphatic hydroxyl groups excluding tert-OH is 1. The normalized spacial score (nSPS) is 12.9. The van der Waals surface area contributed by atoms with Crippen LogP contribution in [0.4, 0.5) is 4.39 Å². The summed E-state index contributed by atoms with van der Waals surface area (Å²) < 4.78 is 13.3. The fourth-order valence-electron chi connectivity index (χ4n) is 1.52. The van der Waals surface area contributed by atoms with Crippen LogP contribution in [0.15, 0.2) is 12.1 Å². The summed E-state index contributed by atoms with van der Waals surface area (Å²) >= 11 is 0. The Morgan fingerprint density at radius 2 is 2.07 bits per heavy atom. The molecular formula is C11H16FNO. The van der Waals surface area contributed by atoms with E-state index in [1.165, 1.54) is 6.07 Å². The van der Waals surface area contributed by atoms with Gasteiger partial charge in [0.05, 0.1) is 0 Å². The second kappa shape index (κ2) is 4.53. The van der Waals surface area contributed by atoms with Crippen molar-refractivity contribution in [2.45, 2.75) is 26.3 Å². The number of hydrogen-bond donors (Lipinski definition) is 2. The lowest BCUT2D eigenvalue weighted by Crippen LogP contribution is -2.14. The third kappa shape index (κ3) is 2.30. The highest BCUT2D eigenvalue weighted by Gasteiger charge is 2.11. The lowest BCUT2D eigenvalue weighted by molar-refractivity contribution is 0.276. The molecule has 0 radical (unpaired) electrons. The molecule has 0 aliphatic heterocycles. The van der Waals surface area contributed by atoms with Gasteiger partial charge >= 0.3 is 0 Å². The van der Waals surface area contributed by atoms with Crippen LogP contribution in [-0.4, -0.2) is 11.7 Å². The molecule has 0 aromatic heterocycles. The standard InChI is InChI=1S/C11H16FNO/c1-7-5-9(11(13)3-4-14)8(2)10(12)6-7/h5-6,11,14H,3-4,13H2,1-2H3. The van der Waals surface area contributed by atoms with E-state index in [9.17, 15) is 4.39 Å². The number of rotatable bonds is 3. The van der Waals surface area contributed by atoms with Crippen LogP contribution >= 0.6 is 0 Å². The summed E-state index contributed by atoms with van der Waals surface area (Å²) in [6.45, 7) is 3.56. The molecule has 1 aromatic rings. The largest absolute Gasteiger partial charge is 0.396 e. The van der Waals surface area contributed by atoms with Crippen LogP contribution in [0.1, 0.15) is 29.2 Å². The number of benzene rings is 1.